The number of hydrogen-bond donors (Lipinski definition) is 1. The third kappa shape index (κ3) is 5.62. The molecule has 3 heterocycles. The van der Waals surface area contributed by atoms with E-state index in [0.29, 0.717) is 18.1 Å². The minimum atomic E-state index is -4.67. The number of aromatic nitrogens is 2. The van der Waals surface area contributed by atoms with Gasteiger partial charge in [-0.25, -0.2) is 4.98 Å². The van der Waals surface area contributed by atoms with Gasteiger partial charge in [-0.2, -0.15) is 13.2 Å². The molecule has 4 aromatic rings. The van der Waals surface area contributed by atoms with Crippen molar-refractivity contribution < 1.29 is 27.1 Å². The standard InChI is InChI=1S/C24H20F3N3O4S/c1-14-10-17(21(34-14)24(25,26)27)12-28-22(32)20-15(2)29-23(35-20)30-9-8-18(11-19(30)31)33-13-16-6-4-3-5-7-16/h3-11H,12-13H2,1-2H3,(H,28,32). The second-order valence-electron chi connectivity index (χ2n) is 7.65. The Hall–Kier alpha value is -3.86. The minimum absolute atomic E-state index is 0.0911. The maximum atomic E-state index is 13.1. The molecule has 0 unspecified atom stereocenters. The Morgan fingerprint density at radius 1 is 1.17 bits per heavy atom. The van der Waals surface area contributed by atoms with Gasteiger partial charge in [-0.1, -0.05) is 41.7 Å². The van der Waals surface area contributed by atoms with E-state index < -0.39 is 23.4 Å². The number of rotatable bonds is 7. The summed E-state index contributed by atoms with van der Waals surface area (Å²) in [4.78, 5) is 29.7. The largest absolute Gasteiger partial charge is 0.489 e. The number of alkyl halides is 3. The molecule has 35 heavy (non-hydrogen) atoms. The molecule has 0 fully saturated rings. The Balaban J connectivity index is 1.46. The van der Waals surface area contributed by atoms with Crippen molar-refractivity contribution in [3.8, 4) is 10.9 Å². The van der Waals surface area contributed by atoms with Crippen LogP contribution in [0.3, 0.4) is 0 Å². The van der Waals surface area contributed by atoms with Gasteiger partial charge < -0.3 is 14.5 Å². The molecular weight excluding hydrogens is 483 g/mol. The van der Waals surface area contributed by atoms with Crippen LogP contribution in [0.4, 0.5) is 13.2 Å². The topological polar surface area (TPSA) is 86.4 Å². The maximum Gasteiger partial charge on any atom is 0.449 e. The van der Waals surface area contributed by atoms with Crippen LogP contribution in [-0.4, -0.2) is 15.5 Å². The number of carbonyl (C=O) groups excluding carboxylic acids is 1. The van der Waals surface area contributed by atoms with E-state index in [1.165, 1.54) is 29.8 Å². The zero-order valence-corrected chi connectivity index (χ0v) is 19.5. The maximum absolute atomic E-state index is 13.1. The van der Waals surface area contributed by atoms with Gasteiger partial charge in [-0.15, -0.1) is 0 Å². The lowest BCUT2D eigenvalue weighted by molar-refractivity contribution is -0.154. The van der Waals surface area contributed by atoms with E-state index in [4.69, 9.17) is 9.15 Å². The van der Waals surface area contributed by atoms with Crippen molar-refractivity contribution in [2.75, 3.05) is 0 Å². The molecule has 7 nitrogen and oxygen atoms in total. The number of furan rings is 1. The van der Waals surface area contributed by atoms with Crippen LogP contribution < -0.4 is 15.6 Å². The van der Waals surface area contributed by atoms with Crippen LogP contribution >= 0.6 is 11.3 Å². The van der Waals surface area contributed by atoms with Crippen LogP contribution in [0, 0.1) is 13.8 Å². The molecule has 0 aliphatic carbocycles. The summed E-state index contributed by atoms with van der Waals surface area (Å²) in [6.45, 7) is 2.92. The molecule has 0 saturated carbocycles. The number of hydrogen-bond acceptors (Lipinski definition) is 6. The zero-order chi connectivity index (χ0) is 25.2. The third-order valence-electron chi connectivity index (χ3n) is 4.97. The summed E-state index contributed by atoms with van der Waals surface area (Å²) < 4.78 is 51.0. The molecule has 11 heteroatoms. The molecule has 3 aromatic heterocycles. The van der Waals surface area contributed by atoms with E-state index in [9.17, 15) is 22.8 Å². The highest BCUT2D eigenvalue weighted by Crippen LogP contribution is 2.34. The van der Waals surface area contributed by atoms with Gasteiger partial charge in [0.1, 0.15) is 23.0 Å². The number of nitrogens with one attached hydrogen (secondary N) is 1. The fourth-order valence-electron chi connectivity index (χ4n) is 3.34. The highest BCUT2D eigenvalue weighted by molar-refractivity contribution is 7.16. The Bertz CT molecular complexity index is 1410. The summed E-state index contributed by atoms with van der Waals surface area (Å²) in [5.74, 6) is -1.27. The average molecular weight is 504 g/mol. The number of benzene rings is 1. The summed E-state index contributed by atoms with van der Waals surface area (Å²) in [6, 6.07) is 13.7. The lowest BCUT2D eigenvalue weighted by atomic mass is 10.2. The summed E-state index contributed by atoms with van der Waals surface area (Å²) in [6.07, 6.45) is -3.17. The van der Waals surface area contributed by atoms with E-state index in [0.717, 1.165) is 16.9 Å². The molecule has 1 aromatic carbocycles. The fourth-order valence-corrected chi connectivity index (χ4v) is 4.31. The molecule has 0 radical (unpaired) electrons. The fraction of sp³-hybridized carbons (Fsp3) is 0.208. The highest BCUT2D eigenvalue weighted by atomic mass is 32.1. The molecule has 0 bridgehead atoms. The highest BCUT2D eigenvalue weighted by Gasteiger charge is 2.38. The molecule has 0 atom stereocenters. The van der Waals surface area contributed by atoms with Crippen LogP contribution in [0.15, 0.2) is 63.9 Å². The van der Waals surface area contributed by atoms with E-state index >= 15 is 0 Å². The molecule has 182 valence electrons. The number of carbonyl (C=O) groups is 1. The summed E-state index contributed by atoms with van der Waals surface area (Å²) in [5, 5.41) is 2.72. The van der Waals surface area contributed by atoms with Gasteiger partial charge in [0.25, 0.3) is 11.5 Å². The first-order chi connectivity index (χ1) is 16.6. The number of halogens is 3. The van der Waals surface area contributed by atoms with Gasteiger partial charge in [0.15, 0.2) is 5.13 Å². The van der Waals surface area contributed by atoms with Gasteiger partial charge in [-0.05, 0) is 31.5 Å². The molecule has 4 rings (SSSR count). The Labute approximate surface area is 201 Å². The van der Waals surface area contributed by atoms with Gasteiger partial charge in [-0.3, -0.25) is 14.2 Å². The van der Waals surface area contributed by atoms with Crippen molar-refractivity contribution in [1.29, 1.82) is 0 Å². The Kier molecular flexibility index (Phi) is 6.79. The lowest BCUT2D eigenvalue weighted by Gasteiger charge is -2.07. The van der Waals surface area contributed by atoms with E-state index in [-0.39, 0.29) is 27.9 Å². The molecule has 0 saturated heterocycles. The van der Waals surface area contributed by atoms with Gasteiger partial charge in [0.2, 0.25) is 5.76 Å². The Morgan fingerprint density at radius 2 is 1.91 bits per heavy atom. The SMILES string of the molecule is Cc1cc(CNC(=O)c2sc(-n3ccc(OCc4ccccc4)cc3=O)nc2C)c(C(F)(F)F)o1. The quantitative estimate of drug-likeness (QED) is 0.382. The Morgan fingerprint density at radius 3 is 2.60 bits per heavy atom. The second kappa shape index (κ2) is 9.79. The molecule has 0 aliphatic heterocycles. The van der Waals surface area contributed by atoms with E-state index in [1.54, 1.807) is 13.0 Å². The monoisotopic (exact) mass is 503 g/mol. The number of thiazole rings is 1. The van der Waals surface area contributed by atoms with Crippen molar-refractivity contribution in [1.82, 2.24) is 14.9 Å². The summed E-state index contributed by atoms with van der Waals surface area (Å²) in [7, 11) is 0. The lowest BCUT2D eigenvalue weighted by Crippen LogP contribution is -2.23. The van der Waals surface area contributed by atoms with Crippen LogP contribution in [0.25, 0.3) is 5.13 Å². The number of pyridine rings is 1. The first-order valence-electron chi connectivity index (χ1n) is 10.4. The first-order valence-corrected chi connectivity index (χ1v) is 11.3. The van der Waals surface area contributed by atoms with E-state index in [1.807, 2.05) is 30.3 Å². The number of nitrogens with zero attached hydrogens (tertiary/aromatic N) is 2. The number of amides is 1. The van der Waals surface area contributed by atoms with Gasteiger partial charge in [0.05, 0.1) is 5.69 Å². The summed E-state index contributed by atoms with van der Waals surface area (Å²) in [5.41, 5.74) is 0.724. The van der Waals surface area contributed by atoms with Crippen molar-refractivity contribution in [2.24, 2.45) is 0 Å². The number of ether oxygens (including phenoxy) is 1. The molecule has 0 aliphatic rings. The van der Waals surface area contributed by atoms with Gasteiger partial charge >= 0.3 is 6.18 Å². The van der Waals surface area contributed by atoms with E-state index in [2.05, 4.69) is 10.3 Å². The molecule has 1 N–H and O–H groups in total. The average Bonchev–Trinajstić information content (AvgIpc) is 3.39. The van der Waals surface area contributed by atoms with Crippen LogP contribution in [-0.2, 0) is 19.3 Å². The smallest absolute Gasteiger partial charge is 0.449 e. The van der Waals surface area contributed by atoms with Crippen molar-refractivity contribution in [2.45, 2.75) is 33.2 Å². The van der Waals surface area contributed by atoms with Crippen molar-refractivity contribution in [3.05, 3.63) is 98.3 Å². The molecular formula is C24H20F3N3O4S. The predicted molar refractivity (Wildman–Crippen MR) is 123 cm³/mol. The van der Waals surface area contributed by atoms with Crippen LogP contribution in [0.5, 0.6) is 5.75 Å². The van der Waals surface area contributed by atoms with Crippen LogP contribution in [0.2, 0.25) is 0 Å². The predicted octanol–water partition coefficient (Wildman–Crippen LogP) is 5.03. The van der Waals surface area contributed by atoms with Crippen molar-refractivity contribution >= 4 is 17.2 Å². The normalized spacial score (nSPS) is 11.5. The van der Waals surface area contributed by atoms with Crippen molar-refractivity contribution in [3.63, 3.8) is 0 Å². The summed E-state index contributed by atoms with van der Waals surface area (Å²) >= 11 is 0.954. The molecule has 0 spiro atoms. The van der Waals surface area contributed by atoms with Crippen LogP contribution in [0.1, 0.15) is 38.0 Å². The molecule has 1 amide bonds. The van der Waals surface area contributed by atoms with Gasteiger partial charge in [0, 0.05) is 24.4 Å². The minimum Gasteiger partial charge on any atom is -0.489 e. The third-order valence-corrected chi connectivity index (χ3v) is 6.12. The number of aryl methyl sites for hydroxylation is 2. The second-order valence-corrected chi connectivity index (χ2v) is 8.63. The zero-order valence-electron chi connectivity index (χ0n) is 18.7. The first kappa shape index (κ1) is 24.3.